The largest absolute Gasteiger partial charge is 0.376 e. The first kappa shape index (κ1) is 23.2. The van der Waals surface area contributed by atoms with Gasteiger partial charge in [0.25, 0.3) is 0 Å². The molecule has 9 heteroatoms. The molecule has 1 saturated heterocycles. The van der Waals surface area contributed by atoms with Gasteiger partial charge in [-0.15, -0.1) is 24.0 Å². The van der Waals surface area contributed by atoms with Gasteiger partial charge in [-0.05, 0) is 11.5 Å². The van der Waals surface area contributed by atoms with E-state index in [9.17, 15) is 9.59 Å². The van der Waals surface area contributed by atoms with Gasteiger partial charge in [-0.25, -0.2) is 4.79 Å². The summed E-state index contributed by atoms with van der Waals surface area (Å²) in [5, 5.41) is 8.81. The number of urea groups is 1. The highest BCUT2D eigenvalue weighted by molar-refractivity contribution is 14.0. The van der Waals surface area contributed by atoms with Crippen molar-refractivity contribution in [3.05, 3.63) is 35.9 Å². The minimum Gasteiger partial charge on any atom is -0.376 e. The lowest BCUT2D eigenvalue weighted by molar-refractivity contribution is -0.124. The molecule has 0 saturated carbocycles. The lowest BCUT2D eigenvalue weighted by Crippen LogP contribution is -2.44. The topological polar surface area (TPSA) is 95.1 Å². The molecule has 0 bridgehead atoms. The third kappa shape index (κ3) is 8.12. The highest BCUT2D eigenvalue weighted by Crippen LogP contribution is 2.03. The molecule has 2 rings (SSSR count). The van der Waals surface area contributed by atoms with E-state index in [1.54, 1.807) is 7.05 Å². The van der Waals surface area contributed by atoms with Crippen molar-refractivity contribution >= 4 is 41.9 Å². The Morgan fingerprint density at radius 2 is 2.04 bits per heavy atom. The van der Waals surface area contributed by atoms with Gasteiger partial charge in [0, 0.05) is 26.7 Å². The van der Waals surface area contributed by atoms with E-state index in [0.29, 0.717) is 44.7 Å². The van der Waals surface area contributed by atoms with Gasteiger partial charge >= 0.3 is 6.03 Å². The van der Waals surface area contributed by atoms with Crippen molar-refractivity contribution in [3.63, 3.8) is 0 Å². The highest BCUT2D eigenvalue weighted by Gasteiger charge is 2.27. The van der Waals surface area contributed by atoms with E-state index < -0.39 is 0 Å². The molecule has 1 atom stereocenters. The molecule has 1 heterocycles. The second-order valence-electron chi connectivity index (χ2n) is 6.19. The van der Waals surface area contributed by atoms with Crippen LogP contribution in [0, 0.1) is 5.92 Å². The molecular formula is C18H28IN5O3. The van der Waals surface area contributed by atoms with E-state index in [1.807, 2.05) is 30.3 Å². The van der Waals surface area contributed by atoms with Crippen LogP contribution in [0.2, 0.25) is 0 Å². The molecule has 1 unspecified atom stereocenters. The monoisotopic (exact) mass is 489 g/mol. The molecule has 1 aliphatic rings. The number of carbonyl (C=O) groups excluding carboxylic acids is 2. The standard InChI is InChI=1S/C18H27N5O3.HI/c1-14(12-26-13-15-6-4-3-5-7-15)10-21-17(19-2)20-8-9-23-16(24)11-22-18(23)25;/h3-7,14H,8-13H2,1-2H3,(H,22,25)(H2,19,20,21);1H. The van der Waals surface area contributed by atoms with Crippen LogP contribution in [0.4, 0.5) is 4.79 Å². The fourth-order valence-electron chi connectivity index (χ4n) is 2.47. The first-order chi connectivity index (χ1) is 12.6. The number of hydrogen-bond acceptors (Lipinski definition) is 4. The molecule has 27 heavy (non-hydrogen) atoms. The molecule has 1 aliphatic heterocycles. The average molecular weight is 489 g/mol. The summed E-state index contributed by atoms with van der Waals surface area (Å²) in [5.74, 6) is 0.735. The number of carbonyl (C=O) groups is 2. The normalized spacial score (nSPS) is 15.2. The molecule has 0 aliphatic carbocycles. The Balaban J connectivity index is 0.00000364. The SMILES string of the molecule is CN=C(NCCN1C(=O)CNC1=O)NCC(C)COCc1ccccc1.I. The number of imide groups is 1. The summed E-state index contributed by atoms with van der Waals surface area (Å²) < 4.78 is 5.73. The Labute approximate surface area is 177 Å². The Morgan fingerprint density at radius 3 is 2.67 bits per heavy atom. The van der Waals surface area contributed by atoms with Gasteiger partial charge in [0.2, 0.25) is 5.91 Å². The summed E-state index contributed by atoms with van der Waals surface area (Å²) in [6.07, 6.45) is 0. The smallest absolute Gasteiger partial charge is 0.324 e. The van der Waals surface area contributed by atoms with Crippen molar-refractivity contribution in [2.45, 2.75) is 13.5 Å². The van der Waals surface area contributed by atoms with Crippen LogP contribution in [0.1, 0.15) is 12.5 Å². The summed E-state index contributed by atoms with van der Waals surface area (Å²) in [6, 6.07) is 9.72. The fraction of sp³-hybridized carbons (Fsp3) is 0.500. The van der Waals surface area contributed by atoms with Crippen LogP contribution in [0.3, 0.4) is 0 Å². The lowest BCUT2D eigenvalue weighted by Gasteiger charge is -2.17. The molecule has 8 nitrogen and oxygen atoms in total. The number of nitrogens with zero attached hydrogens (tertiary/aromatic N) is 2. The van der Waals surface area contributed by atoms with Crippen molar-refractivity contribution in [2.24, 2.45) is 10.9 Å². The van der Waals surface area contributed by atoms with Crippen LogP contribution in [-0.4, -0.2) is 62.6 Å². The van der Waals surface area contributed by atoms with Crippen molar-refractivity contribution in [2.75, 3.05) is 39.8 Å². The van der Waals surface area contributed by atoms with Crippen LogP contribution >= 0.6 is 24.0 Å². The second-order valence-corrected chi connectivity index (χ2v) is 6.19. The maximum Gasteiger partial charge on any atom is 0.324 e. The number of aliphatic imine (C=N–C) groups is 1. The van der Waals surface area contributed by atoms with Crippen molar-refractivity contribution < 1.29 is 14.3 Å². The number of halogens is 1. The van der Waals surface area contributed by atoms with Gasteiger partial charge in [0.15, 0.2) is 5.96 Å². The van der Waals surface area contributed by atoms with E-state index in [-0.39, 0.29) is 42.5 Å². The number of hydrogen-bond donors (Lipinski definition) is 3. The molecule has 1 aromatic carbocycles. The van der Waals surface area contributed by atoms with E-state index in [0.717, 1.165) is 5.56 Å². The zero-order valence-electron chi connectivity index (χ0n) is 15.7. The van der Waals surface area contributed by atoms with Gasteiger partial charge in [0.05, 0.1) is 19.8 Å². The van der Waals surface area contributed by atoms with Gasteiger partial charge < -0.3 is 20.7 Å². The summed E-state index contributed by atoms with van der Waals surface area (Å²) in [7, 11) is 1.68. The van der Waals surface area contributed by atoms with Crippen molar-refractivity contribution in [1.82, 2.24) is 20.9 Å². The second kappa shape index (κ2) is 12.5. The number of guanidine groups is 1. The van der Waals surface area contributed by atoms with E-state index in [1.165, 1.54) is 4.90 Å². The fourth-order valence-corrected chi connectivity index (χ4v) is 2.47. The quantitative estimate of drug-likeness (QED) is 0.210. The Morgan fingerprint density at radius 1 is 1.30 bits per heavy atom. The molecule has 3 amide bonds. The van der Waals surface area contributed by atoms with Crippen LogP contribution in [0.15, 0.2) is 35.3 Å². The van der Waals surface area contributed by atoms with Crippen LogP contribution in [-0.2, 0) is 16.1 Å². The molecule has 3 N–H and O–H groups in total. The molecule has 0 radical (unpaired) electrons. The number of benzene rings is 1. The minimum atomic E-state index is -0.344. The molecule has 150 valence electrons. The predicted octanol–water partition coefficient (Wildman–Crippen LogP) is 1.17. The first-order valence-corrected chi connectivity index (χ1v) is 8.74. The van der Waals surface area contributed by atoms with Crippen LogP contribution < -0.4 is 16.0 Å². The third-order valence-electron chi connectivity index (χ3n) is 3.92. The summed E-state index contributed by atoms with van der Waals surface area (Å²) in [5.41, 5.74) is 1.16. The van der Waals surface area contributed by atoms with Crippen molar-refractivity contribution in [3.8, 4) is 0 Å². The van der Waals surface area contributed by atoms with Crippen molar-refractivity contribution in [1.29, 1.82) is 0 Å². The van der Waals surface area contributed by atoms with Crippen LogP contribution in [0.25, 0.3) is 0 Å². The number of amides is 3. The predicted molar refractivity (Wildman–Crippen MR) is 115 cm³/mol. The number of ether oxygens (including phenoxy) is 1. The van der Waals surface area contributed by atoms with Gasteiger partial charge in [-0.2, -0.15) is 0 Å². The van der Waals surface area contributed by atoms with Crippen LogP contribution in [0.5, 0.6) is 0 Å². The molecule has 0 spiro atoms. The Kier molecular flexibility index (Phi) is 10.7. The van der Waals surface area contributed by atoms with E-state index >= 15 is 0 Å². The summed E-state index contributed by atoms with van der Waals surface area (Å²) in [4.78, 5) is 28.3. The van der Waals surface area contributed by atoms with Gasteiger partial charge in [0.1, 0.15) is 0 Å². The third-order valence-corrected chi connectivity index (χ3v) is 3.92. The van der Waals surface area contributed by atoms with Gasteiger partial charge in [-0.1, -0.05) is 37.3 Å². The highest BCUT2D eigenvalue weighted by atomic mass is 127. The Bertz CT molecular complexity index is 611. The maximum atomic E-state index is 11.5. The van der Waals surface area contributed by atoms with E-state index in [4.69, 9.17) is 4.74 Å². The van der Waals surface area contributed by atoms with E-state index in [2.05, 4.69) is 27.9 Å². The Hall–Kier alpha value is -1.88. The maximum absolute atomic E-state index is 11.5. The molecule has 0 aromatic heterocycles. The summed E-state index contributed by atoms with van der Waals surface area (Å²) in [6.45, 7) is 4.87. The molecule has 1 aromatic rings. The zero-order valence-corrected chi connectivity index (χ0v) is 18.1. The number of rotatable bonds is 9. The minimum absolute atomic E-state index is 0. The molecular weight excluding hydrogens is 461 g/mol. The lowest BCUT2D eigenvalue weighted by atomic mass is 10.2. The van der Waals surface area contributed by atoms with Gasteiger partial charge in [-0.3, -0.25) is 14.7 Å². The number of nitrogens with one attached hydrogen (secondary N) is 3. The molecule has 1 fully saturated rings. The summed E-state index contributed by atoms with van der Waals surface area (Å²) >= 11 is 0. The average Bonchev–Trinajstić information content (AvgIpc) is 2.97. The first-order valence-electron chi connectivity index (χ1n) is 8.74. The zero-order chi connectivity index (χ0) is 18.8.